The summed E-state index contributed by atoms with van der Waals surface area (Å²) in [6, 6.07) is 12.3. The maximum Gasteiger partial charge on any atom is 0.260 e. The Hall–Kier alpha value is -3.02. The van der Waals surface area contributed by atoms with Gasteiger partial charge < -0.3 is 19.6 Å². The SMILES string of the molecule is Cc1ccc(OCC(=O)N2CCN(C(=O)c3ccccc3O)CC2)c(C)c1. The minimum Gasteiger partial charge on any atom is -0.507 e. The smallest absolute Gasteiger partial charge is 0.260 e. The van der Waals surface area contributed by atoms with Crippen molar-refractivity contribution in [3.8, 4) is 11.5 Å². The lowest BCUT2D eigenvalue weighted by molar-refractivity contribution is -0.134. The molecule has 2 aromatic rings. The van der Waals surface area contributed by atoms with E-state index in [1.54, 1.807) is 28.0 Å². The van der Waals surface area contributed by atoms with E-state index in [1.165, 1.54) is 6.07 Å². The topological polar surface area (TPSA) is 70.1 Å². The number of piperazine rings is 1. The average molecular weight is 368 g/mol. The molecule has 1 heterocycles. The summed E-state index contributed by atoms with van der Waals surface area (Å²) in [7, 11) is 0. The Kier molecular flexibility index (Phi) is 5.64. The van der Waals surface area contributed by atoms with Gasteiger partial charge in [-0.25, -0.2) is 0 Å². The first kappa shape index (κ1) is 18.8. The van der Waals surface area contributed by atoms with E-state index in [2.05, 4.69) is 0 Å². The second kappa shape index (κ2) is 8.12. The standard InChI is InChI=1S/C21H24N2O4/c1-15-7-8-19(16(2)13-15)27-14-20(25)22-9-11-23(12-10-22)21(26)17-5-3-4-6-18(17)24/h3-8,13,24H,9-12,14H2,1-2H3. The molecule has 27 heavy (non-hydrogen) atoms. The van der Waals surface area contributed by atoms with Crippen LogP contribution in [0, 0.1) is 13.8 Å². The highest BCUT2D eigenvalue weighted by molar-refractivity contribution is 5.97. The summed E-state index contributed by atoms with van der Waals surface area (Å²) >= 11 is 0. The van der Waals surface area contributed by atoms with Crippen molar-refractivity contribution in [2.75, 3.05) is 32.8 Å². The Morgan fingerprint density at radius 2 is 1.67 bits per heavy atom. The van der Waals surface area contributed by atoms with E-state index < -0.39 is 0 Å². The predicted molar refractivity (Wildman–Crippen MR) is 102 cm³/mol. The van der Waals surface area contributed by atoms with E-state index in [-0.39, 0.29) is 29.7 Å². The van der Waals surface area contributed by atoms with E-state index in [0.717, 1.165) is 11.1 Å². The molecular formula is C21H24N2O4. The average Bonchev–Trinajstić information content (AvgIpc) is 2.67. The number of benzene rings is 2. The number of phenols is 1. The number of phenolic OH excluding ortho intramolecular Hbond substituents is 1. The third-order valence-electron chi connectivity index (χ3n) is 4.74. The molecule has 0 atom stereocenters. The minimum atomic E-state index is -0.216. The molecule has 0 bridgehead atoms. The first-order valence-electron chi connectivity index (χ1n) is 9.01. The molecule has 2 aromatic carbocycles. The van der Waals surface area contributed by atoms with Crippen LogP contribution in [0.15, 0.2) is 42.5 Å². The highest BCUT2D eigenvalue weighted by atomic mass is 16.5. The van der Waals surface area contributed by atoms with E-state index in [1.807, 2.05) is 32.0 Å². The quantitative estimate of drug-likeness (QED) is 0.900. The van der Waals surface area contributed by atoms with Crippen LogP contribution in [0.5, 0.6) is 11.5 Å². The van der Waals surface area contributed by atoms with Crippen LogP contribution in [0.1, 0.15) is 21.5 Å². The first-order chi connectivity index (χ1) is 13.0. The monoisotopic (exact) mass is 368 g/mol. The highest BCUT2D eigenvalue weighted by Crippen LogP contribution is 2.20. The largest absolute Gasteiger partial charge is 0.507 e. The van der Waals surface area contributed by atoms with Gasteiger partial charge in [0.05, 0.1) is 5.56 Å². The van der Waals surface area contributed by atoms with E-state index in [4.69, 9.17) is 4.74 Å². The Labute approximate surface area is 159 Å². The number of carbonyl (C=O) groups is 2. The highest BCUT2D eigenvalue weighted by Gasteiger charge is 2.26. The molecular weight excluding hydrogens is 344 g/mol. The Morgan fingerprint density at radius 3 is 2.33 bits per heavy atom. The fraction of sp³-hybridized carbons (Fsp3) is 0.333. The van der Waals surface area contributed by atoms with Crippen LogP contribution >= 0.6 is 0 Å². The predicted octanol–water partition coefficient (Wildman–Crippen LogP) is 2.37. The van der Waals surface area contributed by atoms with Crippen LogP contribution in [-0.2, 0) is 4.79 Å². The number of amides is 2. The van der Waals surface area contributed by atoms with Crippen molar-refractivity contribution in [2.45, 2.75) is 13.8 Å². The van der Waals surface area contributed by atoms with Crippen molar-refractivity contribution in [3.05, 3.63) is 59.2 Å². The molecule has 1 aliphatic heterocycles. The number of ether oxygens (including phenoxy) is 1. The van der Waals surface area contributed by atoms with Gasteiger partial charge in [0, 0.05) is 26.2 Å². The molecule has 0 unspecified atom stereocenters. The third kappa shape index (κ3) is 4.39. The van der Waals surface area contributed by atoms with Crippen molar-refractivity contribution in [1.29, 1.82) is 0 Å². The molecule has 1 fully saturated rings. The van der Waals surface area contributed by atoms with Gasteiger partial charge in [-0.3, -0.25) is 9.59 Å². The second-order valence-electron chi connectivity index (χ2n) is 6.75. The van der Waals surface area contributed by atoms with Crippen molar-refractivity contribution < 1.29 is 19.4 Å². The summed E-state index contributed by atoms with van der Waals surface area (Å²) in [5.74, 6) is 0.376. The second-order valence-corrected chi connectivity index (χ2v) is 6.75. The van der Waals surface area contributed by atoms with Crippen molar-refractivity contribution in [3.63, 3.8) is 0 Å². The number of rotatable bonds is 4. The lowest BCUT2D eigenvalue weighted by atomic mass is 10.1. The maximum absolute atomic E-state index is 12.5. The van der Waals surface area contributed by atoms with E-state index >= 15 is 0 Å². The Morgan fingerprint density at radius 1 is 1.00 bits per heavy atom. The number of nitrogens with zero attached hydrogens (tertiary/aromatic N) is 2. The molecule has 2 amide bonds. The summed E-state index contributed by atoms with van der Waals surface area (Å²) < 4.78 is 5.66. The van der Waals surface area contributed by atoms with Crippen molar-refractivity contribution in [1.82, 2.24) is 9.80 Å². The lowest BCUT2D eigenvalue weighted by Crippen LogP contribution is -2.51. The molecule has 0 aliphatic carbocycles. The lowest BCUT2D eigenvalue weighted by Gasteiger charge is -2.34. The molecule has 1 saturated heterocycles. The van der Waals surface area contributed by atoms with Gasteiger partial charge in [-0.15, -0.1) is 0 Å². The summed E-state index contributed by atoms with van der Waals surface area (Å²) in [5.41, 5.74) is 2.44. The summed E-state index contributed by atoms with van der Waals surface area (Å²) in [4.78, 5) is 28.3. The van der Waals surface area contributed by atoms with Crippen molar-refractivity contribution >= 4 is 11.8 Å². The molecule has 1 aliphatic rings. The van der Waals surface area contributed by atoms with Crippen LogP contribution in [-0.4, -0.2) is 59.5 Å². The van der Waals surface area contributed by atoms with Gasteiger partial charge >= 0.3 is 0 Å². The zero-order chi connectivity index (χ0) is 19.4. The molecule has 6 heteroatoms. The van der Waals surface area contributed by atoms with Crippen LogP contribution < -0.4 is 4.74 Å². The molecule has 0 spiro atoms. The van der Waals surface area contributed by atoms with E-state index in [0.29, 0.717) is 31.9 Å². The minimum absolute atomic E-state index is 0.0165. The first-order valence-corrected chi connectivity index (χ1v) is 9.01. The molecule has 3 rings (SSSR count). The van der Waals surface area contributed by atoms with Gasteiger partial charge in [0.15, 0.2) is 6.61 Å². The molecule has 0 aromatic heterocycles. The van der Waals surface area contributed by atoms with Crippen LogP contribution in [0.25, 0.3) is 0 Å². The zero-order valence-electron chi connectivity index (χ0n) is 15.6. The van der Waals surface area contributed by atoms with Gasteiger partial charge in [0.25, 0.3) is 11.8 Å². The fourth-order valence-electron chi connectivity index (χ4n) is 3.18. The van der Waals surface area contributed by atoms with Gasteiger partial charge in [0.2, 0.25) is 0 Å². The maximum atomic E-state index is 12.5. The molecule has 0 saturated carbocycles. The molecule has 142 valence electrons. The Balaban J connectivity index is 1.52. The van der Waals surface area contributed by atoms with Crippen LogP contribution in [0.4, 0.5) is 0 Å². The molecule has 1 N–H and O–H groups in total. The van der Waals surface area contributed by atoms with Crippen molar-refractivity contribution in [2.24, 2.45) is 0 Å². The number of hydrogen-bond acceptors (Lipinski definition) is 4. The number of aryl methyl sites for hydroxylation is 2. The summed E-state index contributed by atoms with van der Waals surface area (Å²) in [6.07, 6.45) is 0. The van der Waals surface area contributed by atoms with Crippen LogP contribution in [0.3, 0.4) is 0 Å². The number of hydrogen-bond donors (Lipinski definition) is 1. The van der Waals surface area contributed by atoms with Gasteiger partial charge in [-0.1, -0.05) is 29.8 Å². The summed E-state index contributed by atoms with van der Waals surface area (Å²) in [5, 5.41) is 9.84. The number of carbonyl (C=O) groups excluding carboxylic acids is 2. The number of aromatic hydroxyl groups is 1. The third-order valence-corrected chi connectivity index (χ3v) is 4.74. The van der Waals surface area contributed by atoms with Gasteiger partial charge in [0.1, 0.15) is 11.5 Å². The molecule has 6 nitrogen and oxygen atoms in total. The van der Waals surface area contributed by atoms with Crippen LogP contribution in [0.2, 0.25) is 0 Å². The fourth-order valence-corrected chi connectivity index (χ4v) is 3.18. The van der Waals surface area contributed by atoms with Gasteiger partial charge in [-0.2, -0.15) is 0 Å². The normalized spacial score (nSPS) is 14.1. The Bertz CT molecular complexity index is 842. The summed E-state index contributed by atoms with van der Waals surface area (Å²) in [6.45, 7) is 5.72. The van der Waals surface area contributed by atoms with Gasteiger partial charge in [-0.05, 0) is 37.6 Å². The number of para-hydroxylation sites is 1. The molecule has 0 radical (unpaired) electrons. The van der Waals surface area contributed by atoms with E-state index in [9.17, 15) is 14.7 Å². The zero-order valence-corrected chi connectivity index (χ0v) is 15.6.